The minimum Gasteiger partial charge on any atom is -0.481 e. The zero-order valence-electron chi connectivity index (χ0n) is 10.8. The van der Waals surface area contributed by atoms with Crippen LogP contribution in [0.25, 0.3) is 0 Å². The molecule has 1 aliphatic rings. The predicted molar refractivity (Wildman–Crippen MR) is 69.5 cm³/mol. The van der Waals surface area contributed by atoms with E-state index in [4.69, 9.17) is 9.84 Å². The molecule has 1 N–H and O–H groups in total. The largest absolute Gasteiger partial charge is 0.481 e. The first kappa shape index (κ1) is 13.1. The Kier molecular flexibility index (Phi) is 4.37. The van der Waals surface area contributed by atoms with Gasteiger partial charge in [-0.15, -0.1) is 0 Å². The van der Waals surface area contributed by atoms with Gasteiger partial charge in [-0.2, -0.15) is 0 Å². The Bertz CT molecular complexity index is 393. The van der Waals surface area contributed by atoms with Gasteiger partial charge in [0, 0.05) is 6.61 Å². The molecule has 1 aliphatic carbocycles. The van der Waals surface area contributed by atoms with Gasteiger partial charge in [-0.05, 0) is 30.4 Å². The summed E-state index contributed by atoms with van der Waals surface area (Å²) in [7, 11) is 0. The number of hydrogen-bond donors (Lipinski definition) is 1. The van der Waals surface area contributed by atoms with E-state index in [1.165, 1.54) is 19.3 Å². The Balaban J connectivity index is 1.77. The van der Waals surface area contributed by atoms with Crippen LogP contribution in [-0.2, 0) is 16.1 Å². The molecule has 2 rings (SSSR count). The van der Waals surface area contributed by atoms with Crippen molar-refractivity contribution in [2.24, 2.45) is 5.92 Å². The minimum atomic E-state index is -0.788. The third-order valence-corrected chi connectivity index (χ3v) is 3.49. The van der Waals surface area contributed by atoms with Gasteiger partial charge in [-0.3, -0.25) is 4.79 Å². The van der Waals surface area contributed by atoms with E-state index in [0.717, 1.165) is 23.7 Å². The number of carboxylic acid groups (broad SMARTS) is 1. The van der Waals surface area contributed by atoms with Gasteiger partial charge in [-0.25, -0.2) is 0 Å². The maximum atomic E-state index is 10.8. The highest BCUT2D eigenvalue weighted by Gasteiger charge is 2.20. The van der Waals surface area contributed by atoms with Crippen molar-refractivity contribution < 1.29 is 14.6 Å². The number of ether oxygens (including phenoxy) is 1. The first-order valence-corrected chi connectivity index (χ1v) is 6.56. The van der Waals surface area contributed by atoms with E-state index in [9.17, 15) is 4.79 Å². The minimum absolute atomic E-state index is 0.449. The van der Waals surface area contributed by atoms with Crippen molar-refractivity contribution in [2.75, 3.05) is 6.61 Å². The highest BCUT2D eigenvalue weighted by atomic mass is 16.5. The SMILES string of the molecule is CC(C(=O)O)c1ccc(COCCC2CC2)cc1. The van der Waals surface area contributed by atoms with Crippen LogP contribution in [0, 0.1) is 5.92 Å². The fourth-order valence-corrected chi connectivity index (χ4v) is 1.89. The summed E-state index contributed by atoms with van der Waals surface area (Å²) in [6, 6.07) is 7.65. The smallest absolute Gasteiger partial charge is 0.310 e. The number of rotatable bonds is 7. The van der Waals surface area contributed by atoms with E-state index in [-0.39, 0.29) is 0 Å². The normalized spacial score (nSPS) is 16.5. The van der Waals surface area contributed by atoms with Gasteiger partial charge < -0.3 is 9.84 Å². The highest BCUT2D eigenvalue weighted by Crippen LogP contribution is 2.32. The second-order valence-corrected chi connectivity index (χ2v) is 5.09. The molecule has 98 valence electrons. The van der Waals surface area contributed by atoms with Crippen molar-refractivity contribution >= 4 is 5.97 Å². The van der Waals surface area contributed by atoms with Crippen molar-refractivity contribution in [3.8, 4) is 0 Å². The molecule has 1 atom stereocenters. The summed E-state index contributed by atoms with van der Waals surface area (Å²) in [5.74, 6) is -0.331. The van der Waals surface area contributed by atoms with E-state index in [0.29, 0.717) is 6.61 Å². The Hall–Kier alpha value is -1.35. The molecule has 3 heteroatoms. The van der Waals surface area contributed by atoms with E-state index in [2.05, 4.69) is 0 Å². The maximum absolute atomic E-state index is 10.8. The van der Waals surface area contributed by atoms with E-state index < -0.39 is 11.9 Å². The van der Waals surface area contributed by atoms with Crippen molar-refractivity contribution in [1.82, 2.24) is 0 Å². The molecule has 0 aliphatic heterocycles. The van der Waals surface area contributed by atoms with Crippen LogP contribution >= 0.6 is 0 Å². The third kappa shape index (κ3) is 3.84. The lowest BCUT2D eigenvalue weighted by Gasteiger charge is -2.08. The molecule has 1 aromatic rings. The van der Waals surface area contributed by atoms with Crippen LogP contribution in [0.3, 0.4) is 0 Å². The Morgan fingerprint density at radius 1 is 1.39 bits per heavy atom. The van der Waals surface area contributed by atoms with Crippen molar-refractivity contribution in [3.05, 3.63) is 35.4 Å². The number of benzene rings is 1. The fraction of sp³-hybridized carbons (Fsp3) is 0.533. The average molecular weight is 248 g/mol. The second kappa shape index (κ2) is 6.01. The fourth-order valence-electron chi connectivity index (χ4n) is 1.89. The third-order valence-electron chi connectivity index (χ3n) is 3.49. The lowest BCUT2D eigenvalue weighted by molar-refractivity contribution is -0.138. The molecule has 0 spiro atoms. The molecule has 0 amide bonds. The van der Waals surface area contributed by atoms with Gasteiger partial charge in [0.25, 0.3) is 0 Å². The Morgan fingerprint density at radius 3 is 2.61 bits per heavy atom. The van der Waals surface area contributed by atoms with Crippen molar-refractivity contribution in [1.29, 1.82) is 0 Å². The molecular weight excluding hydrogens is 228 g/mol. The van der Waals surface area contributed by atoms with Gasteiger partial charge in [0.1, 0.15) is 0 Å². The van der Waals surface area contributed by atoms with E-state index >= 15 is 0 Å². The van der Waals surface area contributed by atoms with Crippen LogP contribution in [0.5, 0.6) is 0 Å². The summed E-state index contributed by atoms with van der Waals surface area (Å²) in [6.45, 7) is 3.15. The number of hydrogen-bond acceptors (Lipinski definition) is 2. The zero-order chi connectivity index (χ0) is 13.0. The van der Waals surface area contributed by atoms with Gasteiger partial charge in [0.2, 0.25) is 0 Å². The lowest BCUT2D eigenvalue weighted by Crippen LogP contribution is -2.07. The molecule has 0 radical (unpaired) electrons. The Morgan fingerprint density at radius 2 is 2.06 bits per heavy atom. The molecule has 1 saturated carbocycles. The molecule has 0 saturated heterocycles. The van der Waals surface area contributed by atoms with Crippen LogP contribution in [0.1, 0.15) is 43.2 Å². The number of carbonyl (C=O) groups is 1. The number of aliphatic carboxylic acids is 1. The molecule has 0 heterocycles. The summed E-state index contributed by atoms with van der Waals surface area (Å²) in [6.07, 6.45) is 3.91. The average Bonchev–Trinajstić information content (AvgIpc) is 3.18. The molecule has 1 fully saturated rings. The number of carboxylic acids is 1. The van der Waals surface area contributed by atoms with Crippen LogP contribution in [0.2, 0.25) is 0 Å². The summed E-state index contributed by atoms with van der Waals surface area (Å²) < 4.78 is 5.60. The molecule has 1 unspecified atom stereocenters. The standard InChI is InChI=1S/C15H20O3/c1-11(15(16)17)14-6-4-13(5-7-14)10-18-9-8-12-2-3-12/h4-7,11-12H,2-3,8-10H2,1H3,(H,16,17). The van der Waals surface area contributed by atoms with Crippen molar-refractivity contribution in [3.63, 3.8) is 0 Å². The van der Waals surface area contributed by atoms with Crippen LogP contribution < -0.4 is 0 Å². The van der Waals surface area contributed by atoms with Gasteiger partial charge in [0.05, 0.1) is 12.5 Å². The summed E-state index contributed by atoms with van der Waals surface area (Å²) >= 11 is 0. The molecule has 18 heavy (non-hydrogen) atoms. The first-order chi connectivity index (χ1) is 8.66. The first-order valence-electron chi connectivity index (χ1n) is 6.56. The molecule has 1 aromatic carbocycles. The molecule has 3 nitrogen and oxygen atoms in total. The summed E-state index contributed by atoms with van der Waals surface area (Å²) in [5.41, 5.74) is 1.94. The van der Waals surface area contributed by atoms with Crippen LogP contribution in [0.15, 0.2) is 24.3 Å². The van der Waals surface area contributed by atoms with E-state index in [1.54, 1.807) is 6.92 Å². The zero-order valence-corrected chi connectivity index (χ0v) is 10.8. The maximum Gasteiger partial charge on any atom is 0.310 e. The molecule has 0 aromatic heterocycles. The van der Waals surface area contributed by atoms with Crippen LogP contribution in [-0.4, -0.2) is 17.7 Å². The molecule has 0 bridgehead atoms. The van der Waals surface area contributed by atoms with E-state index in [1.807, 2.05) is 24.3 Å². The van der Waals surface area contributed by atoms with Gasteiger partial charge >= 0.3 is 5.97 Å². The monoisotopic (exact) mass is 248 g/mol. The van der Waals surface area contributed by atoms with Gasteiger partial charge in [0.15, 0.2) is 0 Å². The second-order valence-electron chi connectivity index (χ2n) is 5.09. The predicted octanol–water partition coefficient (Wildman–Crippen LogP) is 3.19. The molecular formula is C15H20O3. The lowest BCUT2D eigenvalue weighted by atomic mass is 10.0. The van der Waals surface area contributed by atoms with Crippen LogP contribution in [0.4, 0.5) is 0 Å². The van der Waals surface area contributed by atoms with Crippen molar-refractivity contribution in [2.45, 2.75) is 38.7 Å². The Labute approximate surface area is 108 Å². The van der Waals surface area contributed by atoms with Gasteiger partial charge in [-0.1, -0.05) is 37.1 Å². The summed E-state index contributed by atoms with van der Waals surface area (Å²) in [4.78, 5) is 10.8. The summed E-state index contributed by atoms with van der Waals surface area (Å²) in [5, 5.41) is 8.91. The topological polar surface area (TPSA) is 46.5 Å². The quantitative estimate of drug-likeness (QED) is 0.754. The highest BCUT2D eigenvalue weighted by molar-refractivity contribution is 5.75.